The molecule has 2 atom stereocenters. The zero-order chi connectivity index (χ0) is 30.4. The first kappa shape index (κ1) is 32.4. The molecule has 0 spiro atoms. The molecule has 0 saturated carbocycles. The molecule has 0 amide bonds. The fourth-order valence-corrected chi connectivity index (χ4v) is 5.13. The maximum atomic E-state index is 13.5. The largest absolute Gasteiger partial charge is 0.482 e. The van der Waals surface area contributed by atoms with E-state index in [4.69, 9.17) is 72.6 Å². The van der Waals surface area contributed by atoms with Crippen LogP contribution < -0.4 is 20.9 Å². The number of benzene rings is 2. The molecule has 0 aliphatic rings. The van der Waals surface area contributed by atoms with Gasteiger partial charge in [-0.3, -0.25) is 0 Å². The van der Waals surface area contributed by atoms with E-state index in [2.05, 4.69) is 25.9 Å². The van der Waals surface area contributed by atoms with Gasteiger partial charge in [0.1, 0.15) is 29.9 Å². The molecule has 4 rings (SSSR count). The van der Waals surface area contributed by atoms with Crippen molar-refractivity contribution in [1.29, 1.82) is 5.26 Å². The minimum absolute atomic E-state index is 0.0634. The number of hydrogen-bond donors (Lipinski definition) is 2. The van der Waals surface area contributed by atoms with Crippen LogP contribution in [0.25, 0.3) is 0 Å². The zero-order valence-electron chi connectivity index (χ0n) is 21.2. The lowest BCUT2D eigenvalue weighted by Crippen LogP contribution is -2.08. The Morgan fingerprint density at radius 3 is 1.71 bits per heavy atom. The minimum Gasteiger partial charge on any atom is -0.482 e. The number of nitriles is 1. The minimum atomic E-state index is -0.668. The number of nitrogens with zero attached hydrogens (tertiary/aromatic N) is 3. The molecular formula is C27H20BrCl4F2N5O2. The maximum Gasteiger partial charge on any atom is 0.166 e. The van der Waals surface area contributed by atoms with Crippen LogP contribution in [-0.2, 0) is 0 Å². The lowest BCUT2D eigenvalue weighted by atomic mass is 10.1. The van der Waals surface area contributed by atoms with Crippen molar-refractivity contribution in [2.24, 2.45) is 0 Å². The summed E-state index contributed by atoms with van der Waals surface area (Å²) in [6.07, 6.45) is 1.63. The van der Waals surface area contributed by atoms with Gasteiger partial charge in [0.25, 0.3) is 0 Å². The van der Waals surface area contributed by atoms with Crippen molar-refractivity contribution in [3.63, 3.8) is 0 Å². The van der Waals surface area contributed by atoms with Crippen LogP contribution in [-0.4, -0.2) is 9.97 Å². The van der Waals surface area contributed by atoms with Gasteiger partial charge in [0.15, 0.2) is 23.1 Å². The van der Waals surface area contributed by atoms with E-state index in [-0.39, 0.29) is 32.5 Å². The van der Waals surface area contributed by atoms with Crippen LogP contribution in [0.4, 0.5) is 20.4 Å². The summed E-state index contributed by atoms with van der Waals surface area (Å²) in [5.41, 5.74) is 12.4. The van der Waals surface area contributed by atoms with Crippen LogP contribution in [0.2, 0.25) is 20.1 Å². The van der Waals surface area contributed by atoms with Crippen molar-refractivity contribution < 1.29 is 18.3 Å². The summed E-state index contributed by atoms with van der Waals surface area (Å²) in [4.78, 5) is 7.80. The van der Waals surface area contributed by atoms with Gasteiger partial charge in [-0.2, -0.15) is 5.26 Å². The summed E-state index contributed by atoms with van der Waals surface area (Å²) in [5, 5.41) is 9.27. The van der Waals surface area contributed by atoms with Crippen molar-refractivity contribution in [1.82, 2.24) is 9.97 Å². The number of nitrogens with two attached hydrogens (primary N) is 2. The Balaban J connectivity index is 0.000000226. The van der Waals surface area contributed by atoms with Crippen molar-refractivity contribution in [2.45, 2.75) is 26.1 Å². The van der Waals surface area contributed by atoms with Crippen molar-refractivity contribution in [2.75, 3.05) is 11.5 Å². The fourth-order valence-electron chi connectivity index (χ4n) is 3.47. The predicted octanol–water partition coefficient (Wildman–Crippen LogP) is 9.13. The molecule has 214 valence electrons. The van der Waals surface area contributed by atoms with Crippen LogP contribution in [0.5, 0.6) is 11.5 Å². The molecule has 0 bridgehead atoms. The van der Waals surface area contributed by atoms with Gasteiger partial charge < -0.3 is 20.9 Å². The molecule has 2 aromatic heterocycles. The van der Waals surface area contributed by atoms with E-state index >= 15 is 0 Å². The molecular weight excluding hydrogens is 686 g/mol. The Labute approximate surface area is 263 Å². The second-order valence-electron chi connectivity index (χ2n) is 8.29. The van der Waals surface area contributed by atoms with E-state index < -0.39 is 23.8 Å². The number of ether oxygens (including phenoxy) is 2. The van der Waals surface area contributed by atoms with Crippen LogP contribution in [0.1, 0.15) is 42.7 Å². The average molecular weight is 706 g/mol. The van der Waals surface area contributed by atoms with Crippen molar-refractivity contribution in [3.05, 3.63) is 102 Å². The van der Waals surface area contributed by atoms with Gasteiger partial charge in [0, 0.05) is 44.1 Å². The molecule has 7 nitrogen and oxygen atoms in total. The lowest BCUT2D eigenvalue weighted by Gasteiger charge is -2.18. The number of rotatable bonds is 6. The topological polar surface area (TPSA) is 120 Å². The summed E-state index contributed by atoms with van der Waals surface area (Å²) < 4.78 is 39.0. The van der Waals surface area contributed by atoms with E-state index in [1.54, 1.807) is 26.1 Å². The third-order valence-electron chi connectivity index (χ3n) is 5.44. The molecule has 4 N–H and O–H groups in total. The zero-order valence-corrected chi connectivity index (χ0v) is 25.8. The molecule has 4 aromatic rings. The molecule has 0 aliphatic carbocycles. The third-order valence-corrected chi connectivity index (χ3v) is 7.30. The standard InChI is InChI=1S/C14H10Cl2FN3O.C13H10BrCl2FN2O/c1-7(12-9(15)2-3-10(17)13(12)16)21-11-4-8(5-18)6-20-14(11)19;1-6(11-8(15)2-3-9(17)12(11)16)20-10-4-7(14)5-19-13(10)18/h2-4,6-7H,1H3,(H2,19,20);2-6H,1H3,(H2,18,19). The molecule has 2 heterocycles. The SMILES string of the molecule is CC(Oc1cc(Br)cnc1N)c1c(Cl)ccc(F)c1Cl.CC(Oc1cc(C#N)cnc1N)c1c(Cl)ccc(F)c1Cl. The number of anilines is 2. The van der Waals surface area contributed by atoms with Crippen LogP contribution in [0.3, 0.4) is 0 Å². The van der Waals surface area contributed by atoms with E-state index in [9.17, 15) is 8.78 Å². The quantitative estimate of drug-likeness (QED) is 0.192. The highest BCUT2D eigenvalue weighted by molar-refractivity contribution is 9.10. The Kier molecular flexibility index (Phi) is 11.2. The molecule has 2 unspecified atom stereocenters. The van der Waals surface area contributed by atoms with Gasteiger partial charge in [-0.25, -0.2) is 18.7 Å². The van der Waals surface area contributed by atoms with Gasteiger partial charge in [0.2, 0.25) is 0 Å². The summed E-state index contributed by atoms with van der Waals surface area (Å²) in [6.45, 7) is 3.35. The first-order valence-corrected chi connectivity index (χ1v) is 13.8. The normalized spacial score (nSPS) is 12.0. The first-order chi connectivity index (χ1) is 19.3. The van der Waals surface area contributed by atoms with Crippen molar-refractivity contribution in [3.8, 4) is 17.6 Å². The number of pyridine rings is 2. The molecule has 0 saturated heterocycles. The Morgan fingerprint density at radius 1 is 0.805 bits per heavy atom. The molecule has 2 aromatic carbocycles. The van der Waals surface area contributed by atoms with Crippen molar-refractivity contribution >= 4 is 74.0 Å². The number of nitrogen functional groups attached to an aromatic ring is 2. The molecule has 0 radical (unpaired) electrons. The van der Waals surface area contributed by atoms with Gasteiger partial charge in [-0.05, 0) is 60.1 Å². The summed E-state index contributed by atoms with van der Waals surface area (Å²) in [7, 11) is 0. The predicted molar refractivity (Wildman–Crippen MR) is 161 cm³/mol. The second kappa shape index (κ2) is 14.2. The van der Waals surface area contributed by atoms with Gasteiger partial charge in [-0.1, -0.05) is 46.4 Å². The third kappa shape index (κ3) is 8.03. The summed E-state index contributed by atoms with van der Waals surface area (Å²) >= 11 is 27.2. The molecule has 14 heteroatoms. The van der Waals surface area contributed by atoms with Crippen LogP contribution >= 0.6 is 62.3 Å². The molecule has 0 fully saturated rings. The van der Waals surface area contributed by atoms with E-state index in [1.165, 1.54) is 36.5 Å². The average Bonchev–Trinajstić information content (AvgIpc) is 2.92. The maximum absolute atomic E-state index is 13.5. The highest BCUT2D eigenvalue weighted by Crippen LogP contribution is 2.37. The lowest BCUT2D eigenvalue weighted by molar-refractivity contribution is 0.227. The second-order valence-corrected chi connectivity index (χ2v) is 10.8. The Bertz CT molecular complexity index is 1620. The smallest absolute Gasteiger partial charge is 0.166 e. The molecule has 0 aliphatic heterocycles. The Hall–Kier alpha value is -3.07. The summed E-state index contributed by atoms with van der Waals surface area (Å²) in [5.74, 6) is -0.236. The summed E-state index contributed by atoms with van der Waals surface area (Å²) in [6, 6.07) is 10.2. The first-order valence-electron chi connectivity index (χ1n) is 11.5. The monoisotopic (exact) mass is 703 g/mol. The highest BCUT2D eigenvalue weighted by atomic mass is 79.9. The number of halogens is 7. The van der Waals surface area contributed by atoms with E-state index in [1.807, 2.05) is 6.07 Å². The van der Waals surface area contributed by atoms with Gasteiger partial charge in [-0.15, -0.1) is 0 Å². The van der Waals surface area contributed by atoms with E-state index in [0.717, 1.165) is 0 Å². The fraction of sp³-hybridized carbons (Fsp3) is 0.148. The van der Waals surface area contributed by atoms with Gasteiger partial charge >= 0.3 is 0 Å². The van der Waals surface area contributed by atoms with E-state index in [0.29, 0.717) is 31.9 Å². The number of hydrogen-bond acceptors (Lipinski definition) is 7. The Morgan fingerprint density at radius 2 is 1.24 bits per heavy atom. The van der Waals surface area contributed by atoms with Crippen LogP contribution in [0.15, 0.2) is 53.3 Å². The number of aromatic nitrogens is 2. The van der Waals surface area contributed by atoms with Gasteiger partial charge in [0.05, 0.1) is 15.6 Å². The van der Waals surface area contributed by atoms with Crippen LogP contribution in [0, 0.1) is 23.0 Å². The molecule has 41 heavy (non-hydrogen) atoms. The highest BCUT2D eigenvalue weighted by Gasteiger charge is 2.21.